The Morgan fingerprint density at radius 1 is 0.800 bits per heavy atom. The molecule has 30 heavy (non-hydrogen) atoms. The number of carbonyl (C=O) groups excluding carboxylic acids is 5. The molecule has 0 aliphatic carbocycles. The molecule has 0 spiro atoms. The number of aliphatic hydroxyl groups is 2. The molecule has 12 N–H and O–H groups in total. The minimum Gasteiger partial charge on any atom is -0.480 e. The molecule has 0 saturated heterocycles. The fourth-order valence-corrected chi connectivity index (χ4v) is 2.04. The molecule has 5 unspecified atom stereocenters. The quantitative estimate of drug-likeness (QED) is 0.132. The van der Waals surface area contributed by atoms with E-state index >= 15 is 0 Å². The molecule has 0 saturated carbocycles. The summed E-state index contributed by atoms with van der Waals surface area (Å²) in [5, 5.41) is 33.6. The number of rotatable bonds is 13. The van der Waals surface area contributed by atoms with Gasteiger partial charge in [0.15, 0.2) is 0 Å². The smallest absolute Gasteiger partial charge is 0.326 e. The summed E-state index contributed by atoms with van der Waals surface area (Å²) in [4.78, 5) is 69.7. The maximum absolute atomic E-state index is 12.3. The van der Waals surface area contributed by atoms with Crippen molar-refractivity contribution in [2.24, 2.45) is 17.2 Å². The van der Waals surface area contributed by atoms with Crippen molar-refractivity contribution in [2.75, 3.05) is 6.61 Å². The zero-order chi connectivity index (χ0) is 23.6. The number of carboxylic acid groups (broad SMARTS) is 1. The van der Waals surface area contributed by atoms with Crippen LogP contribution >= 0.6 is 0 Å². The molecule has 0 bridgehead atoms. The number of nitrogens with one attached hydrogen (secondary N) is 3. The second kappa shape index (κ2) is 12.3. The van der Waals surface area contributed by atoms with Crippen LogP contribution < -0.4 is 33.2 Å². The Morgan fingerprint density at radius 3 is 1.60 bits per heavy atom. The van der Waals surface area contributed by atoms with E-state index in [1.807, 2.05) is 16.0 Å². The van der Waals surface area contributed by atoms with Crippen molar-refractivity contribution in [2.45, 2.75) is 50.0 Å². The van der Waals surface area contributed by atoms with E-state index in [4.69, 9.17) is 22.3 Å². The fourth-order valence-electron chi connectivity index (χ4n) is 2.04. The van der Waals surface area contributed by atoms with Gasteiger partial charge in [-0.05, 0) is 6.92 Å². The number of primary amides is 2. The molecule has 0 heterocycles. The molecule has 0 aliphatic heterocycles. The Hall–Kier alpha value is -3.30. The van der Waals surface area contributed by atoms with Gasteiger partial charge in [-0.15, -0.1) is 0 Å². The Balaban J connectivity index is 5.33. The van der Waals surface area contributed by atoms with Crippen LogP contribution in [0.2, 0.25) is 0 Å². The average Bonchev–Trinajstić information content (AvgIpc) is 2.62. The lowest BCUT2D eigenvalue weighted by Gasteiger charge is -2.24. The largest absolute Gasteiger partial charge is 0.480 e. The van der Waals surface area contributed by atoms with Crippen LogP contribution in [0, 0.1) is 0 Å². The SMILES string of the molecule is CC(O)C(N)C(=O)NC(CO)C(=O)NC(CC(N)=O)C(=O)NC(CC(N)=O)C(=O)O. The first kappa shape index (κ1) is 26.7. The van der Waals surface area contributed by atoms with Crippen molar-refractivity contribution in [1.82, 2.24) is 16.0 Å². The van der Waals surface area contributed by atoms with E-state index in [2.05, 4.69) is 0 Å². The van der Waals surface area contributed by atoms with Crippen molar-refractivity contribution in [3.05, 3.63) is 0 Å². The van der Waals surface area contributed by atoms with Gasteiger partial charge in [-0.2, -0.15) is 0 Å². The predicted octanol–water partition coefficient (Wildman–Crippen LogP) is -6.02. The van der Waals surface area contributed by atoms with E-state index in [-0.39, 0.29) is 0 Å². The van der Waals surface area contributed by atoms with Gasteiger partial charge in [0.1, 0.15) is 24.2 Å². The number of amides is 5. The summed E-state index contributed by atoms with van der Waals surface area (Å²) in [6, 6.07) is -6.46. The van der Waals surface area contributed by atoms with E-state index in [0.717, 1.165) is 0 Å². The first-order valence-electron chi connectivity index (χ1n) is 8.55. The van der Waals surface area contributed by atoms with Gasteiger partial charge in [0.05, 0.1) is 25.6 Å². The molecule has 5 atom stereocenters. The second-order valence-corrected chi connectivity index (χ2v) is 6.31. The minimum atomic E-state index is -1.74. The van der Waals surface area contributed by atoms with Gasteiger partial charge < -0.3 is 48.5 Å². The highest BCUT2D eigenvalue weighted by atomic mass is 16.4. The highest BCUT2D eigenvalue weighted by Crippen LogP contribution is 1.99. The summed E-state index contributed by atoms with van der Waals surface area (Å²) >= 11 is 0. The number of aliphatic hydroxyl groups excluding tert-OH is 2. The number of aliphatic carboxylic acids is 1. The first-order valence-corrected chi connectivity index (χ1v) is 8.55. The summed E-state index contributed by atoms with van der Waals surface area (Å²) < 4.78 is 0. The van der Waals surface area contributed by atoms with Gasteiger partial charge >= 0.3 is 5.97 Å². The molecule has 15 nitrogen and oxygen atoms in total. The molecular formula is C15H26N6O9. The zero-order valence-electron chi connectivity index (χ0n) is 16.0. The third-order valence-electron chi connectivity index (χ3n) is 3.70. The molecule has 0 aromatic heterocycles. The maximum Gasteiger partial charge on any atom is 0.326 e. The summed E-state index contributed by atoms with van der Waals surface area (Å²) in [5.74, 6) is -6.97. The molecule has 0 aromatic rings. The lowest BCUT2D eigenvalue weighted by Crippen LogP contribution is -2.59. The van der Waals surface area contributed by atoms with Crippen LogP contribution in [0.1, 0.15) is 19.8 Å². The van der Waals surface area contributed by atoms with Crippen molar-refractivity contribution in [3.8, 4) is 0 Å². The number of hydrogen-bond donors (Lipinski definition) is 9. The zero-order valence-corrected chi connectivity index (χ0v) is 16.0. The minimum absolute atomic E-state index is 0.759. The van der Waals surface area contributed by atoms with Crippen LogP contribution in [0.25, 0.3) is 0 Å². The summed E-state index contributed by atoms with van der Waals surface area (Å²) in [5.41, 5.74) is 15.3. The van der Waals surface area contributed by atoms with E-state index < -0.39 is 85.2 Å². The first-order chi connectivity index (χ1) is 13.8. The predicted molar refractivity (Wildman–Crippen MR) is 97.8 cm³/mol. The average molecular weight is 434 g/mol. The Kier molecular flexibility index (Phi) is 10.9. The van der Waals surface area contributed by atoms with Crippen molar-refractivity contribution in [1.29, 1.82) is 0 Å². The molecular weight excluding hydrogens is 408 g/mol. The number of hydrogen-bond acceptors (Lipinski definition) is 9. The van der Waals surface area contributed by atoms with Crippen molar-refractivity contribution >= 4 is 35.5 Å². The molecule has 5 amide bonds. The molecule has 0 aromatic carbocycles. The van der Waals surface area contributed by atoms with Gasteiger partial charge in [-0.3, -0.25) is 24.0 Å². The van der Waals surface area contributed by atoms with Crippen molar-refractivity contribution in [3.63, 3.8) is 0 Å². The van der Waals surface area contributed by atoms with Gasteiger partial charge in [-0.25, -0.2) is 4.79 Å². The Bertz CT molecular complexity index is 684. The van der Waals surface area contributed by atoms with Gasteiger partial charge in [0.2, 0.25) is 29.5 Å². The van der Waals surface area contributed by atoms with Crippen LogP contribution in [0.3, 0.4) is 0 Å². The van der Waals surface area contributed by atoms with Crippen LogP contribution in [0.15, 0.2) is 0 Å². The highest BCUT2D eigenvalue weighted by molar-refractivity contribution is 5.96. The molecule has 0 radical (unpaired) electrons. The fraction of sp³-hybridized carbons (Fsp3) is 0.600. The number of carbonyl (C=O) groups is 6. The third kappa shape index (κ3) is 9.26. The van der Waals surface area contributed by atoms with Crippen LogP contribution in [-0.2, 0) is 28.8 Å². The highest BCUT2D eigenvalue weighted by Gasteiger charge is 2.32. The van der Waals surface area contributed by atoms with Crippen LogP contribution in [-0.4, -0.2) is 87.7 Å². The van der Waals surface area contributed by atoms with Gasteiger partial charge in [-0.1, -0.05) is 0 Å². The lowest BCUT2D eigenvalue weighted by molar-refractivity contribution is -0.144. The molecule has 0 fully saturated rings. The van der Waals surface area contributed by atoms with Crippen molar-refractivity contribution < 1.29 is 44.1 Å². The summed E-state index contributed by atoms with van der Waals surface area (Å²) in [6.45, 7) is 0.283. The Morgan fingerprint density at radius 2 is 1.20 bits per heavy atom. The van der Waals surface area contributed by atoms with Crippen LogP contribution in [0.5, 0.6) is 0 Å². The van der Waals surface area contributed by atoms with E-state index in [1.165, 1.54) is 6.92 Å². The number of carboxylic acids is 1. The van der Waals surface area contributed by atoms with E-state index in [0.29, 0.717) is 0 Å². The van der Waals surface area contributed by atoms with Gasteiger partial charge in [0, 0.05) is 0 Å². The lowest BCUT2D eigenvalue weighted by atomic mass is 10.1. The van der Waals surface area contributed by atoms with Gasteiger partial charge in [0.25, 0.3) is 0 Å². The topological polar surface area (TPSA) is 277 Å². The van der Waals surface area contributed by atoms with E-state index in [1.54, 1.807) is 0 Å². The monoisotopic (exact) mass is 434 g/mol. The Labute approximate surface area is 170 Å². The summed E-state index contributed by atoms with van der Waals surface area (Å²) in [6.07, 6.45) is -2.79. The molecule has 0 aliphatic rings. The molecule has 170 valence electrons. The molecule has 15 heteroatoms. The molecule has 0 rings (SSSR count). The number of nitrogens with two attached hydrogens (primary N) is 3. The second-order valence-electron chi connectivity index (χ2n) is 6.31. The third-order valence-corrected chi connectivity index (χ3v) is 3.70. The summed E-state index contributed by atoms with van der Waals surface area (Å²) in [7, 11) is 0. The van der Waals surface area contributed by atoms with E-state index in [9.17, 15) is 39.0 Å². The standard InChI is InChI=1S/C15H26N6O9/c1-5(23)11(18)14(28)21-8(4-22)13(27)19-6(2-9(16)24)12(26)20-7(15(29)30)3-10(17)25/h5-8,11,22-23H,2-4,18H2,1H3,(H2,16,24)(H2,17,25)(H,19,27)(H,20,26)(H,21,28)(H,29,30). The van der Waals surface area contributed by atoms with Crippen LogP contribution in [0.4, 0.5) is 0 Å². The normalized spacial score (nSPS) is 15.6. The maximum atomic E-state index is 12.3.